The first-order valence-electron chi connectivity index (χ1n) is 7.24. The first-order valence-corrected chi connectivity index (χ1v) is 7.24. The summed E-state index contributed by atoms with van der Waals surface area (Å²) in [5.74, 6) is -0.746. The highest BCUT2D eigenvalue weighted by Gasteiger charge is 2.15. The van der Waals surface area contributed by atoms with Crippen LogP contribution in [0.1, 0.15) is 46.0 Å². The van der Waals surface area contributed by atoms with E-state index in [9.17, 15) is 9.59 Å². The number of hydrogen-bond donors (Lipinski definition) is 2. The molecule has 0 heterocycles. The lowest BCUT2D eigenvalue weighted by Crippen LogP contribution is -2.45. The lowest BCUT2D eigenvalue weighted by molar-refractivity contribution is -0.137. The van der Waals surface area contributed by atoms with E-state index in [1.165, 1.54) is 0 Å². The van der Waals surface area contributed by atoms with E-state index >= 15 is 0 Å². The van der Waals surface area contributed by atoms with Gasteiger partial charge in [-0.15, -0.1) is 0 Å². The van der Waals surface area contributed by atoms with E-state index in [2.05, 4.69) is 5.32 Å². The molecule has 0 fully saturated rings. The number of unbranched alkanes of at least 4 members (excludes halogenated alkanes) is 3. The zero-order valence-corrected chi connectivity index (χ0v) is 12.9. The second kappa shape index (κ2) is 11.5. The van der Waals surface area contributed by atoms with Crippen molar-refractivity contribution < 1.29 is 19.4 Å². The molecular formula is C14H28N2O4. The van der Waals surface area contributed by atoms with E-state index in [0.29, 0.717) is 26.1 Å². The van der Waals surface area contributed by atoms with Crippen LogP contribution in [-0.2, 0) is 9.53 Å². The van der Waals surface area contributed by atoms with Crippen LogP contribution in [-0.4, -0.2) is 54.9 Å². The Hall–Kier alpha value is -1.30. The van der Waals surface area contributed by atoms with Gasteiger partial charge in [-0.3, -0.25) is 4.79 Å². The number of carbonyl (C=O) groups is 2. The van der Waals surface area contributed by atoms with Crippen LogP contribution in [0.4, 0.5) is 4.79 Å². The Bertz CT molecular complexity index is 282. The number of rotatable bonds is 11. The number of nitrogens with zero attached hydrogens (tertiary/aromatic N) is 1. The normalized spacial score (nSPS) is 10.6. The lowest BCUT2D eigenvalue weighted by Gasteiger charge is -2.26. The zero-order chi connectivity index (χ0) is 15.4. The minimum absolute atomic E-state index is 0.0671. The molecule has 0 bridgehead atoms. The number of carboxylic acid groups (broad SMARTS) is 1. The van der Waals surface area contributed by atoms with Gasteiger partial charge in [0.25, 0.3) is 0 Å². The maximum Gasteiger partial charge on any atom is 0.317 e. The molecule has 0 spiro atoms. The van der Waals surface area contributed by atoms with Crippen molar-refractivity contribution in [1.29, 1.82) is 0 Å². The average molecular weight is 288 g/mol. The van der Waals surface area contributed by atoms with Crippen molar-refractivity contribution in [3.63, 3.8) is 0 Å². The van der Waals surface area contributed by atoms with E-state index in [1.54, 1.807) is 12.0 Å². The summed E-state index contributed by atoms with van der Waals surface area (Å²) in [6.45, 7) is 5.68. The molecule has 6 heteroatoms. The molecule has 0 saturated heterocycles. The highest BCUT2D eigenvalue weighted by Crippen LogP contribution is 2.03. The van der Waals surface area contributed by atoms with E-state index in [-0.39, 0.29) is 18.5 Å². The van der Waals surface area contributed by atoms with Crippen LogP contribution in [0.5, 0.6) is 0 Å². The van der Waals surface area contributed by atoms with Gasteiger partial charge in [-0.05, 0) is 26.7 Å². The van der Waals surface area contributed by atoms with Gasteiger partial charge < -0.3 is 20.1 Å². The minimum Gasteiger partial charge on any atom is -0.481 e. The molecule has 118 valence electrons. The highest BCUT2D eigenvalue weighted by atomic mass is 16.5. The van der Waals surface area contributed by atoms with Crippen LogP contribution in [0, 0.1) is 0 Å². The van der Waals surface area contributed by atoms with Gasteiger partial charge in [0.2, 0.25) is 0 Å². The average Bonchev–Trinajstić information content (AvgIpc) is 2.37. The standard InChI is InChI=1S/C14H28N2O4/c1-12(2)16(10-11-20-3)14(19)15-9-7-5-4-6-8-13(17)18/h12H,4-11H2,1-3H3,(H,15,19)(H,17,18). The van der Waals surface area contributed by atoms with E-state index in [0.717, 1.165) is 19.3 Å². The van der Waals surface area contributed by atoms with Crippen LogP contribution in [0.15, 0.2) is 0 Å². The van der Waals surface area contributed by atoms with Crippen LogP contribution < -0.4 is 5.32 Å². The van der Waals surface area contributed by atoms with Gasteiger partial charge in [0.15, 0.2) is 0 Å². The van der Waals surface area contributed by atoms with Crippen LogP contribution in [0.25, 0.3) is 0 Å². The van der Waals surface area contributed by atoms with E-state index in [4.69, 9.17) is 9.84 Å². The molecule has 0 aliphatic carbocycles. The summed E-state index contributed by atoms with van der Waals surface area (Å²) >= 11 is 0. The number of methoxy groups -OCH3 is 1. The summed E-state index contributed by atoms with van der Waals surface area (Å²) in [5, 5.41) is 11.4. The van der Waals surface area contributed by atoms with Crippen molar-refractivity contribution in [2.45, 2.75) is 52.0 Å². The fraction of sp³-hybridized carbons (Fsp3) is 0.857. The predicted molar refractivity (Wildman–Crippen MR) is 77.8 cm³/mol. The number of ether oxygens (including phenoxy) is 1. The van der Waals surface area contributed by atoms with Gasteiger partial charge in [0, 0.05) is 32.7 Å². The summed E-state index contributed by atoms with van der Waals surface area (Å²) in [6.07, 6.45) is 3.63. The summed E-state index contributed by atoms with van der Waals surface area (Å²) in [7, 11) is 1.62. The Morgan fingerprint density at radius 3 is 2.40 bits per heavy atom. The van der Waals surface area contributed by atoms with Gasteiger partial charge in [-0.2, -0.15) is 0 Å². The zero-order valence-electron chi connectivity index (χ0n) is 12.9. The third kappa shape index (κ3) is 9.61. The topological polar surface area (TPSA) is 78.9 Å². The van der Waals surface area contributed by atoms with Crippen molar-refractivity contribution in [3.8, 4) is 0 Å². The molecule has 0 aromatic heterocycles. The van der Waals surface area contributed by atoms with Gasteiger partial charge in [0.1, 0.15) is 0 Å². The third-order valence-electron chi connectivity index (χ3n) is 3.01. The van der Waals surface area contributed by atoms with Gasteiger partial charge in [-0.1, -0.05) is 12.8 Å². The molecule has 0 aromatic carbocycles. The molecule has 0 atom stereocenters. The predicted octanol–water partition coefficient (Wildman–Crippen LogP) is 2.09. The summed E-state index contributed by atoms with van der Waals surface area (Å²) < 4.78 is 4.99. The maximum absolute atomic E-state index is 12.0. The number of aliphatic carboxylic acids is 1. The molecule has 0 aromatic rings. The Labute approximate surface area is 121 Å². The number of hydrogen-bond acceptors (Lipinski definition) is 3. The van der Waals surface area contributed by atoms with Crippen molar-refractivity contribution >= 4 is 12.0 Å². The molecule has 0 aliphatic rings. The molecule has 0 aliphatic heterocycles. The Balaban J connectivity index is 3.71. The van der Waals surface area contributed by atoms with Gasteiger partial charge in [-0.25, -0.2) is 4.79 Å². The number of nitrogens with one attached hydrogen (secondary N) is 1. The van der Waals surface area contributed by atoms with Crippen molar-refractivity contribution in [1.82, 2.24) is 10.2 Å². The fourth-order valence-corrected chi connectivity index (χ4v) is 1.84. The number of urea groups is 1. The summed E-state index contributed by atoms with van der Waals surface area (Å²) in [5.41, 5.74) is 0. The Kier molecular flexibility index (Phi) is 10.8. The Morgan fingerprint density at radius 1 is 1.20 bits per heavy atom. The second-order valence-corrected chi connectivity index (χ2v) is 5.07. The molecule has 20 heavy (non-hydrogen) atoms. The highest BCUT2D eigenvalue weighted by molar-refractivity contribution is 5.74. The molecule has 2 N–H and O–H groups in total. The number of amides is 2. The quantitative estimate of drug-likeness (QED) is 0.571. The molecule has 0 rings (SSSR count). The largest absolute Gasteiger partial charge is 0.481 e. The van der Waals surface area contributed by atoms with Crippen molar-refractivity contribution in [3.05, 3.63) is 0 Å². The SMILES string of the molecule is COCCN(C(=O)NCCCCCCC(=O)O)C(C)C. The number of carbonyl (C=O) groups excluding carboxylic acids is 1. The van der Waals surface area contributed by atoms with E-state index < -0.39 is 5.97 Å². The van der Waals surface area contributed by atoms with Crippen LogP contribution in [0.2, 0.25) is 0 Å². The first-order chi connectivity index (χ1) is 9.49. The molecule has 2 amide bonds. The van der Waals surface area contributed by atoms with Gasteiger partial charge in [0.05, 0.1) is 6.61 Å². The minimum atomic E-state index is -0.746. The Morgan fingerprint density at radius 2 is 1.85 bits per heavy atom. The molecule has 0 radical (unpaired) electrons. The molecule has 6 nitrogen and oxygen atoms in total. The van der Waals surface area contributed by atoms with Gasteiger partial charge >= 0.3 is 12.0 Å². The maximum atomic E-state index is 12.0. The summed E-state index contributed by atoms with van der Waals surface area (Å²) in [6, 6.07) is 0.0725. The van der Waals surface area contributed by atoms with Crippen LogP contribution in [0.3, 0.4) is 0 Å². The van der Waals surface area contributed by atoms with Crippen molar-refractivity contribution in [2.75, 3.05) is 26.8 Å². The van der Waals surface area contributed by atoms with E-state index in [1.807, 2.05) is 13.8 Å². The van der Waals surface area contributed by atoms with Crippen molar-refractivity contribution in [2.24, 2.45) is 0 Å². The molecular weight excluding hydrogens is 260 g/mol. The lowest BCUT2D eigenvalue weighted by atomic mass is 10.1. The molecule has 0 saturated carbocycles. The smallest absolute Gasteiger partial charge is 0.317 e. The summed E-state index contributed by atoms with van der Waals surface area (Å²) in [4.78, 5) is 24.0. The number of carboxylic acids is 1. The molecule has 0 unspecified atom stereocenters. The monoisotopic (exact) mass is 288 g/mol. The first kappa shape index (κ1) is 18.7. The third-order valence-corrected chi connectivity index (χ3v) is 3.01. The fourth-order valence-electron chi connectivity index (χ4n) is 1.84. The van der Waals surface area contributed by atoms with Crippen LogP contribution >= 0.6 is 0 Å². The second-order valence-electron chi connectivity index (χ2n) is 5.07.